The van der Waals surface area contributed by atoms with Crippen LogP contribution in [0.25, 0.3) is 0 Å². The quantitative estimate of drug-likeness (QED) is 0.838. The van der Waals surface area contributed by atoms with Crippen molar-refractivity contribution in [2.75, 3.05) is 17.7 Å². The normalized spacial score (nSPS) is 11.9. The molecule has 0 saturated heterocycles. The Hall–Kier alpha value is -1.54. The Bertz CT molecular complexity index is 554. The molecular formula is C13H18N2O2S. The molecule has 0 amide bonds. The van der Waals surface area contributed by atoms with Crippen LogP contribution in [0.15, 0.2) is 29.2 Å². The summed E-state index contributed by atoms with van der Waals surface area (Å²) in [6.45, 7) is 5.24. The molecule has 0 radical (unpaired) electrons. The van der Waals surface area contributed by atoms with Crippen LogP contribution in [-0.4, -0.2) is 26.8 Å². The predicted octanol–water partition coefficient (Wildman–Crippen LogP) is 2.22. The average Bonchev–Trinajstić information content (AvgIpc) is 2.38. The highest BCUT2D eigenvalue weighted by Gasteiger charge is 2.23. The Kier molecular flexibility index (Phi) is 4.02. The minimum atomic E-state index is -3.17. The minimum Gasteiger partial charge on any atom is -0.357 e. The highest BCUT2D eigenvalue weighted by Crippen LogP contribution is 2.23. The Morgan fingerprint density at radius 1 is 1.28 bits per heavy atom. The van der Waals surface area contributed by atoms with Crippen LogP contribution in [0.2, 0.25) is 0 Å². The number of hydrogen-bond donors (Lipinski definition) is 0. The molecule has 0 fully saturated rings. The molecule has 98 valence electrons. The Morgan fingerprint density at radius 2 is 1.78 bits per heavy atom. The Balaban J connectivity index is 3.09. The molecule has 0 spiro atoms. The van der Waals surface area contributed by atoms with E-state index in [0.29, 0.717) is 4.90 Å². The van der Waals surface area contributed by atoms with Gasteiger partial charge in [0.1, 0.15) is 5.54 Å². The monoisotopic (exact) mass is 266 g/mol. The van der Waals surface area contributed by atoms with Gasteiger partial charge >= 0.3 is 0 Å². The van der Waals surface area contributed by atoms with E-state index in [1.165, 1.54) is 0 Å². The first kappa shape index (κ1) is 14.5. The number of nitriles is 1. The first-order valence-electron chi connectivity index (χ1n) is 5.72. The summed E-state index contributed by atoms with van der Waals surface area (Å²) in [6, 6.07) is 8.81. The van der Waals surface area contributed by atoms with E-state index in [4.69, 9.17) is 5.26 Å². The molecule has 1 aromatic rings. The van der Waals surface area contributed by atoms with Gasteiger partial charge in [0.05, 0.1) is 16.7 Å². The predicted molar refractivity (Wildman–Crippen MR) is 72.3 cm³/mol. The van der Waals surface area contributed by atoms with Crippen LogP contribution in [0.3, 0.4) is 0 Å². The van der Waals surface area contributed by atoms with Crippen LogP contribution in [0.4, 0.5) is 5.69 Å². The molecule has 0 aliphatic heterocycles. The lowest BCUT2D eigenvalue weighted by Crippen LogP contribution is -2.39. The maximum Gasteiger partial charge on any atom is 0.178 e. The zero-order valence-corrected chi connectivity index (χ0v) is 12.0. The first-order chi connectivity index (χ1) is 8.24. The maximum atomic E-state index is 11.7. The number of anilines is 1. The van der Waals surface area contributed by atoms with Crippen LogP contribution >= 0.6 is 0 Å². The third-order valence-corrected chi connectivity index (χ3v) is 4.83. The van der Waals surface area contributed by atoms with E-state index in [0.717, 1.165) is 5.69 Å². The molecule has 4 nitrogen and oxygen atoms in total. The smallest absolute Gasteiger partial charge is 0.178 e. The molecular weight excluding hydrogens is 248 g/mol. The lowest BCUT2D eigenvalue weighted by atomic mass is 10.1. The van der Waals surface area contributed by atoms with Gasteiger partial charge < -0.3 is 4.90 Å². The fourth-order valence-electron chi connectivity index (χ4n) is 1.44. The van der Waals surface area contributed by atoms with Crippen molar-refractivity contribution in [3.05, 3.63) is 24.3 Å². The molecule has 1 aromatic carbocycles. The molecule has 0 bridgehead atoms. The maximum absolute atomic E-state index is 11.7. The van der Waals surface area contributed by atoms with Crippen molar-refractivity contribution < 1.29 is 8.42 Å². The van der Waals surface area contributed by atoms with Crippen molar-refractivity contribution in [1.29, 1.82) is 5.26 Å². The molecule has 0 aromatic heterocycles. The van der Waals surface area contributed by atoms with E-state index in [9.17, 15) is 8.42 Å². The van der Waals surface area contributed by atoms with Gasteiger partial charge in [0.25, 0.3) is 0 Å². The lowest BCUT2D eigenvalue weighted by Gasteiger charge is -2.31. The molecule has 0 aliphatic carbocycles. The third kappa shape index (κ3) is 2.82. The fourth-order valence-corrected chi connectivity index (χ4v) is 2.33. The molecule has 5 heteroatoms. The van der Waals surface area contributed by atoms with Gasteiger partial charge in [-0.3, -0.25) is 0 Å². The van der Waals surface area contributed by atoms with Crippen molar-refractivity contribution in [2.24, 2.45) is 0 Å². The van der Waals surface area contributed by atoms with Gasteiger partial charge in [0.15, 0.2) is 9.84 Å². The first-order valence-corrected chi connectivity index (χ1v) is 7.37. The second-order valence-corrected chi connectivity index (χ2v) is 6.91. The van der Waals surface area contributed by atoms with Crippen LogP contribution < -0.4 is 4.90 Å². The fraction of sp³-hybridized carbons (Fsp3) is 0.462. The highest BCUT2D eigenvalue weighted by molar-refractivity contribution is 7.91. The molecule has 0 saturated carbocycles. The summed E-state index contributed by atoms with van der Waals surface area (Å²) in [4.78, 5) is 2.13. The molecule has 0 heterocycles. The molecule has 0 unspecified atom stereocenters. The molecule has 0 aliphatic rings. The summed E-state index contributed by atoms with van der Waals surface area (Å²) in [5.41, 5.74) is 0.183. The zero-order chi connectivity index (χ0) is 14.0. The topological polar surface area (TPSA) is 61.2 Å². The van der Waals surface area contributed by atoms with Gasteiger partial charge in [0, 0.05) is 12.7 Å². The van der Waals surface area contributed by atoms with E-state index in [1.807, 2.05) is 25.8 Å². The second-order valence-electron chi connectivity index (χ2n) is 4.63. The Labute approximate surface area is 109 Å². The molecule has 0 atom stereocenters. The highest BCUT2D eigenvalue weighted by atomic mass is 32.2. The molecule has 1 rings (SSSR count). The zero-order valence-electron chi connectivity index (χ0n) is 11.1. The SMILES string of the molecule is CCS(=O)(=O)c1ccc(N(C)C(C)(C)C#N)cc1. The van der Waals surface area contributed by atoms with Gasteiger partial charge in [-0.2, -0.15) is 5.26 Å². The number of benzene rings is 1. The second kappa shape index (κ2) is 4.99. The summed E-state index contributed by atoms with van der Waals surface area (Å²) in [7, 11) is -1.35. The summed E-state index contributed by atoms with van der Waals surface area (Å²) in [6.07, 6.45) is 0. The number of hydrogen-bond acceptors (Lipinski definition) is 4. The van der Waals surface area contributed by atoms with E-state index in [2.05, 4.69) is 6.07 Å². The van der Waals surface area contributed by atoms with Crippen LogP contribution in [-0.2, 0) is 9.84 Å². The van der Waals surface area contributed by atoms with Gasteiger partial charge in [-0.05, 0) is 38.1 Å². The number of rotatable bonds is 4. The van der Waals surface area contributed by atoms with Crippen LogP contribution in [0, 0.1) is 11.3 Å². The Morgan fingerprint density at radius 3 is 2.17 bits per heavy atom. The molecule has 18 heavy (non-hydrogen) atoms. The standard InChI is InChI=1S/C13H18N2O2S/c1-5-18(16,17)12-8-6-11(7-9-12)15(4)13(2,3)10-14/h6-9H,5H2,1-4H3. The van der Waals surface area contributed by atoms with E-state index < -0.39 is 15.4 Å². The van der Waals surface area contributed by atoms with Crippen molar-refractivity contribution in [1.82, 2.24) is 0 Å². The van der Waals surface area contributed by atoms with Crippen molar-refractivity contribution in [3.8, 4) is 6.07 Å². The van der Waals surface area contributed by atoms with Gasteiger partial charge in [0.2, 0.25) is 0 Å². The minimum absolute atomic E-state index is 0.0892. The number of sulfone groups is 1. The molecule has 0 N–H and O–H groups in total. The van der Waals surface area contributed by atoms with E-state index >= 15 is 0 Å². The van der Waals surface area contributed by atoms with Crippen LogP contribution in [0.5, 0.6) is 0 Å². The summed E-state index contributed by atoms with van der Waals surface area (Å²) >= 11 is 0. The number of nitrogens with zero attached hydrogens (tertiary/aromatic N) is 2. The van der Waals surface area contributed by atoms with E-state index in [-0.39, 0.29) is 5.75 Å². The third-order valence-electron chi connectivity index (χ3n) is 3.08. The van der Waals surface area contributed by atoms with Crippen molar-refractivity contribution in [3.63, 3.8) is 0 Å². The summed E-state index contributed by atoms with van der Waals surface area (Å²) in [5.74, 6) is 0.0892. The van der Waals surface area contributed by atoms with Crippen LogP contribution in [0.1, 0.15) is 20.8 Å². The van der Waals surface area contributed by atoms with E-state index in [1.54, 1.807) is 31.2 Å². The van der Waals surface area contributed by atoms with Gasteiger partial charge in [-0.15, -0.1) is 0 Å². The van der Waals surface area contributed by atoms with Gasteiger partial charge in [-0.1, -0.05) is 6.92 Å². The van der Waals surface area contributed by atoms with Crippen molar-refractivity contribution >= 4 is 15.5 Å². The van der Waals surface area contributed by atoms with Crippen molar-refractivity contribution in [2.45, 2.75) is 31.2 Å². The summed E-state index contributed by atoms with van der Waals surface area (Å²) in [5, 5.41) is 9.06. The lowest BCUT2D eigenvalue weighted by molar-refractivity contribution is 0.597. The summed E-state index contributed by atoms with van der Waals surface area (Å²) < 4.78 is 23.3. The van der Waals surface area contributed by atoms with Gasteiger partial charge in [-0.25, -0.2) is 8.42 Å². The average molecular weight is 266 g/mol. The largest absolute Gasteiger partial charge is 0.357 e.